The molecule has 0 unspecified atom stereocenters. The van der Waals surface area contributed by atoms with Crippen molar-refractivity contribution in [1.29, 1.82) is 0 Å². The molecule has 0 bridgehead atoms. The van der Waals surface area contributed by atoms with Crippen molar-refractivity contribution in [3.8, 4) is 5.75 Å². The van der Waals surface area contributed by atoms with E-state index in [-0.39, 0.29) is 5.97 Å². The molecule has 82 valence electrons. The Kier molecular flexibility index (Phi) is 4.15. The quantitative estimate of drug-likeness (QED) is 0.627. The van der Waals surface area contributed by atoms with Crippen LogP contribution < -0.4 is 4.74 Å². The first-order valence-corrected chi connectivity index (χ1v) is 5.58. The zero-order valence-corrected chi connectivity index (χ0v) is 10.6. The highest BCUT2D eigenvalue weighted by atomic mass is 79.9. The second-order valence-corrected chi connectivity index (χ2v) is 3.66. The highest BCUT2D eigenvalue weighted by Crippen LogP contribution is 2.25. The van der Waals surface area contributed by atoms with Gasteiger partial charge in [-0.25, -0.2) is 4.79 Å². The van der Waals surface area contributed by atoms with E-state index in [4.69, 9.17) is 4.74 Å². The maximum Gasteiger partial charge on any atom is 0.341 e. The molecule has 0 aliphatic carbocycles. The van der Waals surface area contributed by atoms with Crippen LogP contribution in [0, 0.1) is 6.92 Å². The van der Waals surface area contributed by atoms with Gasteiger partial charge in [0.25, 0.3) is 0 Å². The van der Waals surface area contributed by atoms with E-state index in [1.54, 1.807) is 6.07 Å². The van der Waals surface area contributed by atoms with Crippen LogP contribution in [0.15, 0.2) is 12.1 Å². The van der Waals surface area contributed by atoms with E-state index in [0.717, 1.165) is 16.5 Å². The maximum atomic E-state index is 11.4. The summed E-state index contributed by atoms with van der Waals surface area (Å²) < 4.78 is 9.82. The molecule has 0 aliphatic rings. The Morgan fingerprint density at radius 2 is 2.07 bits per heavy atom. The highest BCUT2D eigenvalue weighted by Gasteiger charge is 2.14. The molecule has 1 aromatic carbocycles. The topological polar surface area (TPSA) is 35.5 Å². The van der Waals surface area contributed by atoms with Crippen LogP contribution in [0.2, 0.25) is 0 Å². The summed E-state index contributed by atoms with van der Waals surface area (Å²) in [6.07, 6.45) is 0. The van der Waals surface area contributed by atoms with Crippen LogP contribution in [-0.2, 0) is 10.1 Å². The van der Waals surface area contributed by atoms with Crippen LogP contribution >= 0.6 is 15.9 Å². The molecule has 1 aromatic rings. The van der Waals surface area contributed by atoms with Gasteiger partial charge < -0.3 is 9.47 Å². The number of halogens is 1. The van der Waals surface area contributed by atoms with E-state index in [1.165, 1.54) is 14.2 Å². The molecule has 0 heterocycles. The van der Waals surface area contributed by atoms with Crippen molar-refractivity contribution < 1.29 is 14.3 Å². The summed E-state index contributed by atoms with van der Waals surface area (Å²) in [4.78, 5) is 11.4. The van der Waals surface area contributed by atoms with E-state index >= 15 is 0 Å². The van der Waals surface area contributed by atoms with Gasteiger partial charge in [-0.15, -0.1) is 0 Å². The van der Waals surface area contributed by atoms with Crippen LogP contribution in [-0.4, -0.2) is 20.2 Å². The number of carbonyl (C=O) groups excluding carboxylic acids is 1. The largest absolute Gasteiger partial charge is 0.496 e. The molecule has 15 heavy (non-hydrogen) atoms. The molecule has 0 atom stereocenters. The van der Waals surface area contributed by atoms with Gasteiger partial charge in [-0.2, -0.15) is 0 Å². The molecule has 4 heteroatoms. The summed E-state index contributed by atoms with van der Waals surface area (Å²) in [5.41, 5.74) is 2.59. The Bertz CT molecular complexity index is 374. The van der Waals surface area contributed by atoms with E-state index < -0.39 is 0 Å². The number of rotatable bonds is 3. The van der Waals surface area contributed by atoms with Crippen LogP contribution in [0.3, 0.4) is 0 Å². The van der Waals surface area contributed by atoms with Crippen molar-refractivity contribution in [1.82, 2.24) is 0 Å². The van der Waals surface area contributed by atoms with Gasteiger partial charge in [-0.05, 0) is 30.2 Å². The predicted molar refractivity (Wildman–Crippen MR) is 61.7 cm³/mol. The molecule has 0 saturated heterocycles. The molecular weight excluding hydrogens is 260 g/mol. The van der Waals surface area contributed by atoms with Crippen LogP contribution in [0.5, 0.6) is 5.75 Å². The minimum Gasteiger partial charge on any atom is -0.496 e. The predicted octanol–water partition coefficient (Wildman–Crippen LogP) is 2.69. The number of carbonyl (C=O) groups is 1. The standard InChI is InChI=1S/C11H13BrO3/c1-7-4-9(11(13)15-3)10(14-2)5-8(7)6-12/h4-5H,6H2,1-3H3. The van der Waals surface area contributed by atoms with Gasteiger partial charge in [-0.3, -0.25) is 0 Å². The third-order valence-electron chi connectivity index (χ3n) is 2.21. The summed E-state index contributed by atoms with van der Waals surface area (Å²) in [7, 11) is 2.89. The van der Waals surface area contributed by atoms with Crippen molar-refractivity contribution in [3.63, 3.8) is 0 Å². The fraction of sp³-hybridized carbons (Fsp3) is 0.364. The zero-order valence-electron chi connectivity index (χ0n) is 8.96. The third-order valence-corrected chi connectivity index (χ3v) is 2.81. The molecule has 3 nitrogen and oxygen atoms in total. The number of esters is 1. The van der Waals surface area contributed by atoms with Crippen molar-refractivity contribution >= 4 is 21.9 Å². The zero-order chi connectivity index (χ0) is 11.4. The summed E-state index contributed by atoms with van der Waals surface area (Å²) >= 11 is 3.38. The van der Waals surface area contributed by atoms with Crippen LogP contribution in [0.4, 0.5) is 0 Å². The van der Waals surface area contributed by atoms with E-state index in [9.17, 15) is 4.79 Å². The number of methoxy groups -OCH3 is 2. The van der Waals surface area contributed by atoms with Gasteiger partial charge in [0.1, 0.15) is 11.3 Å². The monoisotopic (exact) mass is 272 g/mol. The van der Waals surface area contributed by atoms with Crippen molar-refractivity contribution in [2.45, 2.75) is 12.3 Å². The average molecular weight is 273 g/mol. The van der Waals surface area contributed by atoms with E-state index in [0.29, 0.717) is 11.3 Å². The fourth-order valence-electron chi connectivity index (χ4n) is 1.31. The lowest BCUT2D eigenvalue weighted by atomic mass is 10.1. The van der Waals surface area contributed by atoms with E-state index in [2.05, 4.69) is 20.7 Å². The molecule has 0 fully saturated rings. The first-order chi connectivity index (χ1) is 7.13. The number of hydrogen-bond donors (Lipinski definition) is 0. The molecule has 0 N–H and O–H groups in total. The minimum atomic E-state index is -0.379. The van der Waals surface area contributed by atoms with Gasteiger partial charge in [0.2, 0.25) is 0 Å². The number of benzene rings is 1. The SMILES string of the molecule is COC(=O)c1cc(C)c(CBr)cc1OC. The molecule has 1 rings (SSSR count). The Morgan fingerprint density at radius 3 is 2.53 bits per heavy atom. The normalized spacial score (nSPS) is 9.87. The lowest BCUT2D eigenvalue weighted by Crippen LogP contribution is -2.05. The Labute approximate surface area is 97.5 Å². The second kappa shape index (κ2) is 5.16. The molecular formula is C11H13BrO3. The minimum absolute atomic E-state index is 0.379. The second-order valence-electron chi connectivity index (χ2n) is 3.10. The number of aryl methyl sites for hydroxylation is 1. The van der Waals surface area contributed by atoms with E-state index in [1.807, 2.05) is 13.0 Å². The number of hydrogen-bond acceptors (Lipinski definition) is 3. The summed E-state index contributed by atoms with van der Waals surface area (Å²) in [6.45, 7) is 1.95. The van der Waals surface area contributed by atoms with Crippen molar-refractivity contribution in [2.75, 3.05) is 14.2 Å². The molecule has 0 amide bonds. The third kappa shape index (κ3) is 2.50. The molecule has 0 saturated carbocycles. The first kappa shape index (κ1) is 12.0. The molecule has 0 radical (unpaired) electrons. The smallest absolute Gasteiger partial charge is 0.341 e. The van der Waals surface area contributed by atoms with Crippen molar-refractivity contribution in [3.05, 3.63) is 28.8 Å². The van der Waals surface area contributed by atoms with Gasteiger partial charge in [-0.1, -0.05) is 15.9 Å². The van der Waals surface area contributed by atoms with Crippen LogP contribution in [0.1, 0.15) is 21.5 Å². The Balaban J connectivity index is 3.27. The fourth-order valence-corrected chi connectivity index (χ4v) is 1.92. The number of alkyl halides is 1. The van der Waals surface area contributed by atoms with Gasteiger partial charge in [0.15, 0.2) is 0 Å². The highest BCUT2D eigenvalue weighted by molar-refractivity contribution is 9.08. The molecule has 0 aromatic heterocycles. The van der Waals surface area contributed by atoms with Gasteiger partial charge in [0.05, 0.1) is 14.2 Å². The van der Waals surface area contributed by atoms with Gasteiger partial charge >= 0.3 is 5.97 Å². The van der Waals surface area contributed by atoms with Crippen LogP contribution in [0.25, 0.3) is 0 Å². The lowest BCUT2D eigenvalue weighted by Gasteiger charge is -2.10. The molecule has 0 aliphatic heterocycles. The lowest BCUT2D eigenvalue weighted by molar-refractivity contribution is 0.0597. The Morgan fingerprint density at radius 1 is 1.40 bits per heavy atom. The summed E-state index contributed by atoms with van der Waals surface area (Å²) in [6, 6.07) is 3.62. The maximum absolute atomic E-state index is 11.4. The summed E-state index contributed by atoms with van der Waals surface area (Å²) in [5, 5.41) is 0.733. The first-order valence-electron chi connectivity index (χ1n) is 4.45. The number of ether oxygens (including phenoxy) is 2. The van der Waals surface area contributed by atoms with Crippen molar-refractivity contribution in [2.24, 2.45) is 0 Å². The Hall–Kier alpha value is -1.03. The molecule has 0 spiro atoms. The average Bonchev–Trinajstić information content (AvgIpc) is 2.27. The summed E-state index contributed by atoms with van der Waals surface area (Å²) in [5.74, 6) is 0.165. The van der Waals surface area contributed by atoms with Gasteiger partial charge in [0, 0.05) is 5.33 Å².